The number of rotatable bonds is 10. The summed E-state index contributed by atoms with van der Waals surface area (Å²) in [5, 5.41) is 6.43. The first-order valence-corrected chi connectivity index (χ1v) is 10.4. The van der Waals surface area contributed by atoms with Gasteiger partial charge >= 0.3 is 0 Å². The maximum atomic E-state index is 4.68. The molecule has 0 fully saturated rings. The molecular formula is C22H27N3S. The topological polar surface area (TPSA) is 37.8 Å². The van der Waals surface area contributed by atoms with Gasteiger partial charge in [0.25, 0.3) is 0 Å². The van der Waals surface area contributed by atoms with Gasteiger partial charge in [-0.1, -0.05) is 51.2 Å². The number of hydrogen-bond donors (Lipinski definition) is 1. The van der Waals surface area contributed by atoms with Gasteiger partial charge in [0.2, 0.25) is 0 Å². The molecule has 3 rings (SSSR count). The summed E-state index contributed by atoms with van der Waals surface area (Å²) >= 11 is 1.62. The monoisotopic (exact) mass is 365 g/mol. The molecule has 2 aromatic heterocycles. The Morgan fingerprint density at radius 2 is 1.88 bits per heavy atom. The van der Waals surface area contributed by atoms with E-state index in [0.29, 0.717) is 0 Å². The lowest BCUT2D eigenvalue weighted by atomic mass is 10.0. The molecule has 0 bridgehead atoms. The Morgan fingerprint density at radius 3 is 2.73 bits per heavy atom. The molecule has 0 radical (unpaired) electrons. The molecule has 0 amide bonds. The Hall–Kier alpha value is -2.20. The quantitative estimate of drug-likeness (QED) is 0.399. The van der Waals surface area contributed by atoms with E-state index in [1.807, 2.05) is 18.3 Å². The summed E-state index contributed by atoms with van der Waals surface area (Å²) in [7, 11) is 0. The van der Waals surface area contributed by atoms with E-state index in [1.165, 1.54) is 44.1 Å². The highest BCUT2D eigenvalue weighted by molar-refractivity contribution is 7.14. The summed E-state index contributed by atoms with van der Waals surface area (Å²) in [6, 6.07) is 12.7. The van der Waals surface area contributed by atoms with Crippen LogP contribution in [0.25, 0.3) is 11.3 Å². The second kappa shape index (κ2) is 10.1. The Labute approximate surface area is 160 Å². The number of benzene rings is 1. The van der Waals surface area contributed by atoms with E-state index in [-0.39, 0.29) is 0 Å². The van der Waals surface area contributed by atoms with Crippen molar-refractivity contribution in [1.82, 2.24) is 9.97 Å². The van der Waals surface area contributed by atoms with Gasteiger partial charge in [0, 0.05) is 29.0 Å². The molecule has 0 aliphatic heterocycles. The fourth-order valence-corrected chi connectivity index (χ4v) is 3.76. The van der Waals surface area contributed by atoms with E-state index in [1.54, 1.807) is 17.5 Å². The molecule has 0 unspecified atom stereocenters. The van der Waals surface area contributed by atoms with Crippen molar-refractivity contribution in [2.45, 2.75) is 51.9 Å². The van der Waals surface area contributed by atoms with Crippen molar-refractivity contribution < 1.29 is 0 Å². The lowest BCUT2D eigenvalue weighted by Gasteiger charge is -2.06. The fraction of sp³-hybridized carbons (Fsp3) is 0.364. The first kappa shape index (κ1) is 18.6. The van der Waals surface area contributed by atoms with Crippen LogP contribution in [-0.2, 0) is 6.42 Å². The number of anilines is 2. The molecule has 0 atom stereocenters. The van der Waals surface area contributed by atoms with Gasteiger partial charge in [0.1, 0.15) is 0 Å². The molecule has 2 heterocycles. The van der Waals surface area contributed by atoms with Gasteiger partial charge in [-0.25, -0.2) is 4.98 Å². The molecule has 1 aromatic carbocycles. The third kappa shape index (κ3) is 5.67. The fourth-order valence-electron chi connectivity index (χ4n) is 3.02. The average Bonchev–Trinajstić information content (AvgIpc) is 3.14. The molecule has 3 nitrogen and oxygen atoms in total. The van der Waals surface area contributed by atoms with Crippen LogP contribution >= 0.6 is 11.3 Å². The SMILES string of the molecule is CCCCCCCCc1cccc(Nc2nc(-c3cccnc3)cs2)c1. The maximum Gasteiger partial charge on any atom is 0.187 e. The predicted molar refractivity (Wildman–Crippen MR) is 112 cm³/mol. The van der Waals surface area contributed by atoms with Crippen molar-refractivity contribution in [1.29, 1.82) is 0 Å². The summed E-state index contributed by atoms with van der Waals surface area (Å²) in [4.78, 5) is 8.84. The van der Waals surface area contributed by atoms with Crippen molar-refractivity contribution in [3.63, 3.8) is 0 Å². The van der Waals surface area contributed by atoms with E-state index < -0.39 is 0 Å². The Morgan fingerprint density at radius 1 is 1.00 bits per heavy atom. The summed E-state index contributed by atoms with van der Waals surface area (Å²) in [6.45, 7) is 2.26. The van der Waals surface area contributed by atoms with Gasteiger partial charge in [-0.05, 0) is 42.7 Å². The maximum absolute atomic E-state index is 4.68. The largest absolute Gasteiger partial charge is 0.332 e. The zero-order valence-corrected chi connectivity index (χ0v) is 16.3. The smallest absolute Gasteiger partial charge is 0.187 e. The molecular weight excluding hydrogens is 338 g/mol. The van der Waals surface area contributed by atoms with Crippen molar-refractivity contribution >= 4 is 22.2 Å². The van der Waals surface area contributed by atoms with Crippen molar-refractivity contribution in [2.75, 3.05) is 5.32 Å². The van der Waals surface area contributed by atoms with Crippen LogP contribution in [0.1, 0.15) is 51.0 Å². The van der Waals surface area contributed by atoms with Crippen molar-refractivity contribution in [3.05, 3.63) is 59.7 Å². The van der Waals surface area contributed by atoms with Gasteiger partial charge in [-0.2, -0.15) is 0 Å². The minimum absolute atomic E-state index is 0.917. The van der Waals surface area contributed by atoms with Gasteiger partial charge in [-0.15, -0.1) is 11.3 Å². The highest BCUT2D eigenvalue weighted by atomic mass is 32.1. The van der Waals surface area contributed by atoms with Gasteiger partial charge in [0.15, 0.2) is 5.13 Å². The van der Waals surface area contributed by atoms with Gasteiger partial charge < -0.3 is 5.32 Å². The molecule has 3 aromatic rings. The molecule has 0 aliphatic rings. The lowest BCUT2D eigenvalue weighted by Crippen LogP contribution is -1.92. The first-order chi connectivity index (χ1) is 12.8. The van der Waals surface area contributed by atoms with Crippen molar-refractivity contribution in [2.24, 2.45) is 0 Å². The van der Waals surface area contributed by atoms with E-state index in [9.17, 15) is 0 Å². The second-order valence-corrected chi connectivity index (χ2v) is 7.48. The number of pyridine rings is 1. The minimum Gasteiger partial charge on any atom is -0.332 e. The summed E-state index contributed by atoms with van der Waals surface area (Å²) in [5.74, 6) is 0. The van der Waals surface area contributed by atoms with Crippen LogP contribution in [0.2, 0.25) is 0 Å². The average molecular weight is 366 g/mol. The Balaban J connectivity index is 1.53. The number of aryl methyl sites for hydroxylation is 1. The number of thiazole rings is 1. The minimum atomic E-state index is 0.917. The summed E-state index contributed by atoms with van der Waals surface area (Å²) in [5.41, 5.74) is 4.53. The van der Waals surface area contributed by atoms with Crippen LogP contribution in [0.5, 0.6) is 0 Å². The standard InChI is InChI=1S/C22H27N3S/c1-2-3-4-5-6-7-10-18-11-8-13-20(15-18)24-22-25-21(17-26-22)19-12-9-14-23-16-19/h8-9,11-17H,2-7,10H2,1H3,(H,24,25). The van der Waals surface area contributed by atoms with Crippen LogP contribution in [0, 0.1) is 0 Å². The normalized spacial score (nSPS) is 10.8. The van der Waals surface area contributed by atoms with Crippen LogP contribution in [0.4, 0.5) is 10.8 Å². The number of nitrogens with one attached hydrogen (secondary N) is 1. The van der Waals surface area contributed by atoms with Crippen LogP contribution < -0.4 is 5.32 Å². The lowest BCUT2D eigenvalue weighted by molar-refractivity contribution is 0.607. The van der Waals surface area contributed by atoms with E-state index in [0.717, 1.165) is 28.5 Å². The summed E-state index contributed by atoms with van der Waals surface area (Å²) in [6.07, 6.45) is 12.8. The third-order valence-electron chi connectivity index (χ3n) is 4.46. The van der Waals surface area contributed by atoms with E-state index >= 15 is 0 Å². The molecule has 4 heteroatoms. The van der Waals surface area contributed by atoms with Crippen LogP contribution in [0.3, 0.4) is 0 Å². The predicted octanol–water partition coefficient (Wildman–Crippen LogP) is 6.85. The number of hydrogen-bond acceptors (Lipinski definition) is 4. The van der Waals surface area contributed by atoms with Crippen LogP contribution in [0.15, 0.2) is 54.2 Å². The third-order valence-corrected chi connectivity index (χ3v) is 5.22. The second-order valence-electron chi connectivity index (χ2n) is 6.62. The molecule has 0 spiro atoms. The van der Waals surface area contributed by atoms with Crippen LogP contribution in [-0.4, -0.2) is 9.97 Å². The van der Waals surface area contributed by atoms with E-state index in [2.05, 4.69) is 51.9 Å². The van der Waals surface area contributed by atoms with E-state index in [4.69, 9.17) is 0 Å². The van der Waals surface area contributed by atoms with Gasteiger partial charge in [-0.3, -0.25) is 4.98 Å². The van der Waals surface area contributed by atoms with Gasteiger partial charge in [0.05, 0.1) is 5.69 Å². The molecule has 0 saturated heterocycles. The Kier molecular flexibility index (Phi) is 7.20. The zero-order chi connectivity index (χ0) is 18.0. The summed E-state index contributed by atoms with van der Waals surface area (Å²) < 4.78 is 0. The first-order valence-electron chi connectivity index (χ1n) is 9.57. The number of unbranched alkanes of at least 4 members (excludes halogenated alkanes) is 5. The molecule has 0 saturated carbocycles. The number of aromatic nitrogens is 2. The Bertz CT molecular complexity index is 783. The van der Waals surface area contributed by atoms with Crippen molar-refractivity contribution in [3.8, 4) is 11.3 Å². The highest BCUT2D eigenvalue weighted by Crippen LogP contribution is 2.27. The molecule has 1 N–H and O–H groups in total. The molecule has 136 valence electrons. The molecule has 0 aliphatic carbocycles. The zero-order valence-electron chi connectivity index (χ0n) is 15.4. The highest BCUT2D eigenvalue weighted by Gasteiger charge is 2.05. The number of nitrogens with zero attached hydrogens (tertiary/aromatic N) is 2. The molecule has 26 heavy (non-hydrogen) atoms.